The van der Waals surface area contributed by atoms with E-state index >= 15 is 0 Å². The van der Waals surface area contributed by atoms with Crippen molar-refractivity contribution in [2.75, 3.05) is 4.90 Å². The van der Waals surface area contributed by atoms with E-state index in [1.807, 2.05) is 17.9 Å². The zero-order chi connectivity index (χ0) is 17.4. The van der Waals surface area contributed by atoms with Crippen molar-refractivity contribution in [2.45, 2.75) is 45.6 Å². The summed E-state index contributed by atoms with van der Waals surface area (Å²) in [7, 11) is 0. The van der Waals surface area contributed by atoms with Crippen LogP contribution in [-0.4, -0.2) is 21.7 Å². The Bertz CT molecular complexity index is 870. The summed E-state index contributed by atoms with van der Waals surface area (Å²) < 4.78 is 0.408. The van der Waals surface area contributed by atoms with Gasteiger partial charge in [0.15, 0.2) is 0 Å². The van der Waals surface area contributed by atoms with Gasteiger partial charge in [0.2, 0.25) is 0 Å². The predicted octanol–water partition coefficient (Wildman–Crippen LogP) is 3.49. The van der Waals surface area contributed by atoms with E-state index in [-0.39, 0.29) is 17.4 Å². The number of amides is 2. The molecule has 1 saturated heterocycles. The summed E-state index contributed by atoms with van der Waals surface area (Å²) in [5, 5.41) is 2.63. The zero-order valence-electron chi connectivity index (χ0n) is 14.0. The van der Waals surface area contributed by atoms with Crippen molar-refractivity contribution < 1.29 is 9.59 Å². The number of carbonyl (C=O) groups is 2. The first kappa shape index (κ1) is 15.8. The Labute approximate surface area is 150 Å². The minimum absolute atomic E-state index is 0.0869. The maximum absolute atomic E-state index is 13.3. The highest BCUT2D eigenvalue weighted by molar-refractivity contribution is 8.27. The van der Waals surface area contributed by atoms with Crippen LogP contribution in [0.25, 0.3) is 5.57 Å². The van der Waals surface area contributed by atoms with Gasteiger partial charge in [0.1, 0.15) is 4.32 Å². The molecule has 6 heteroatoms. The highest BCUT2D eigenvalue weighted by Crippen LogP contribution is 2.53. The van der Waals surface area contributed by atoms with Crippen LogP contribution in [0.1, 0.15) is 49.8 Å². The highest BCUT2D eigenvalue weighted by atomic mass is 32.2. The number of nitrogens with one attached hydrogen (secondary N) is 1. The standard InChI is InChI=1S/C18H18N2O2S2/c1-8-5-10-9(2)7-18(3,4)20-13(10)11(6-8)12(16(20)22)14-15(21)19-17(23)24-14/h5-6,9H,7H2,1-4H3,(H,19,21,23)/b14-12+/t9-/m0/s1. The van der Waals surface area contributed by atoms with E-state index in [0.717, 1.165) is 23.2 Å². The van der Waals surface area contributed by atoms with Crippen LogP contribution in [0.3, 0.4) is 0 Å². The van der Waals surface area contributed by atoms with E-state index in [1.54, 1.807) is 0 Å². The third-order valence-electron chi connectivity index (χ3n) is 4.98. The molecular formula is C18H18N2O2S2. The maximum atomic E-state index is 13.3. The Kier molecular flexibility index (Phi) is 3.25. The fraction of sp³-hybridized carbons (Fsp3) is 0.389. The monoisotopic (exact) mass is 358 g/mol. The van der Waals surface area contributed by atoms with Gasteiger partial charge < -0.3 is 10.2 Å². The SMILES string of the molecule is Cc1cc2c3c(c1)[C@@H](C)CC(C)(C)N3C(=O)/C2=C1/SC(=S)NC1=O. The second kappa shape index (κ2) is 4.92. The highest BCUT2D eigenvalue weighted by Gasteiger charge is 2.49. The van der Waals surface area contributed by atoms with Crippen LogP contribution in [0.15, 0.2) is 17.0 Å². The first-order valence-corrected chi connectivity index (χ1v) is 9.20. The lowest BCUT2D eigenvalue weighted by molar-refractivity contribution is -0.116. The van der Waals surface area contributed by atoms with E-state index in [4.69, 9.17) is 12.2 Å². The lowest BCUT2D eigenvalue weighted by atomic mass is 9.80. The number of rotatable bonds is 0. The molecule has 1 N–H and O–H groups in total. The molecule has 0 aromatic heterocycles. The lowest BCUT2D eigenvalue weighted by Crippen LogP contribution is -2.49. The number of anilines is 1. The first-order chi connectivity index (χ1) is 11.2. The Morgan fingerprint density at radius 3 is 2.67 bits per heavy atom. The second-order valence-corrected chi connectivity index (χ2v) is 9.04. The van der Waals surface area contributed by atoms with Crippen molar-refractivity contribution >= 4 is 51.4 Å². The van der Waals surface area contributed by atoms with Crippen molar-refractivity contribution in [3.8, 4) is 0 Å². The summed E-state index contributed by atoms with van der Waals surface area (Å²) in [4.78, 5) is 27.9. The molecule has 1 fully saturated rings. The molecule has 3 heterocycles. The van der Waals surface area contributed by atoms with Gasteiger partial charge >= 0.3 is 0 Å². The van der Waals surface area contributed by atoms with Gasteiger partial charge in [-0.05, 0) is 44.7 Å². The minimum atomic E-state index is -0.282. The number of benzene rings is 1. The average Bonchev–Trinajstić information content (AvgIpc) is 2.92. The van der Waals surface area contributed by atoms with Crippen molar-refractivity contribution in [3.63, 3.8) is 0 Å². The first-order valence-electron chi connectivity index (χ1n) is 7.97. The van der Waals surface area contributed by atoms with Crippen LogP contribution < -0.4 is 10.2 Å². The molecule has 0 bridgehead atoms. The Morgan fingerprint density at radius 2 is 2.04 bits per heavy atom. The second-order valence-electron chi connectivity index (χ2n) is 7.36. The van der Waals surface area contributed by atoms with E-state index in [1.165, 1.54) is 17.3 Å². The molecular weight excluding hydrogens is 340 g/mol. The van der Waals surface area contributed by atoms with E-state index in [2.05, 4.69) is 32.2 Å². The molecule has 3 aliphatic rings. The molecule has 4 rings (SSSR count). The van der Waals surface area contributed by atoms with Crippen molar-refractivity contribution in [2.24, 2.45) is 0 Å². The lowest BCUT2D eigenvalue weighted by Gasteiger charge is -2.43. The minimum Gasteiger partial charge on any atom is -0.307 e. The summed E-state index contributed by atoms with van der Waals surface area (Å²) in [5.41, 5.74) is 4.36. The van der Waals surface area contributed by atoms with Gasteiger partial charge in [-0.2, -0.15) is 0 Å². The molecule has 3 aliphatic heterocycles. The molecule has 0 spiro atoms. The Hall–Kier alpha value is -1.66. The van der Waals surface area contributed by atoms with Crippen LogP contribution in [-0.2, 0) is 9.59 Å². The van der Waals surface area contributed by atoms with E-state index < -0.39 is 0 Å². The van der Waals surface area contributed by atoms with E-state index in [0.29, 0.717) is 20.7 Å². The Morgan fingerprint density at radius 1 is 1.33 bits per heavy atom. The van der Waals surface area contributed by atoms with Crippen LogP contribution in [0.4, 0.5) is 5.69 Å². The van der Waals surface area contributed by atoms with Crippen molar-refractivity contribution in [3.05, 3.63) is 33.7 Å². The number of hydrogen-bond donors (Lipinski definition) is 1. The summed E-state index contributed by atoms with van der Waals surface area (Å²) in [6.07, 6.45) is 0.898. The summed E-state index contributed by atoms with van der Waals surface area (Å²) in [6.45, 7) is 8.42. The molecule has 24 heavy (non-hydrogen) atoms. The quantitative estimate of drug-likeness (QED) is 0.570. The number of hydrogen-bond acceptors (Lipinski definition) is 4. The van der Waals surface area contributed by atoms with Crippen LogP contribution >= 0.6 is 24.0 Å². The van der Waals surface area contributed by atoms with Gasteiger partial charge in [0.25, 0.3) is 11.8 Å². The Balaban J connectivity index is 2.06. The molecule has 1 aromatic carbocycles. The number of thiocarbonyl (C=S) groups is 1. The molecule has 0 aliphatic carbocycles. The number of thioether (sulfide) groups is 1. The fourth-order valence-corrected chi connectivity index (χ4v) is 5.29. The normalized spacial score (nSPS) is 27.6. The van der Waals surface area contributed by atoms with Gasteiger partial charge in [0.05, 0.1) is 16.2 Å². The van der Waals surface area contributed by atoms with Gasteiger partial charge in [-0.15, -0.1) is 0 Å². The maximum Gasteiger partial charge on any atom is 0.264 e. The average molecular weight is 358 g/mol. The van der Waals surface area contributed by atoms with E-state index in [9.17, 15) is 9.59 Å². The van der Waals surface area contributed by atoms with Crippen molar-refractivity contribution in [1.29, 1.82) is 0 Å². The summed E-state index contributed by atoms with van der Waals surface area (Å²) in [5.74, 6) is 0.0126. The molecule has 0 radical (unpaired) electrons. The molecule has 4 nitrogen and oxygen atoms in total. The van der Waals surface area contributed by atoms with Gasteiger partial charge in [-0.3, -0.25) is 9.59 Å². The molecule has 2 amide bonds. The third kappa shape index (κ3) is 2.02. The summed E-state index contributed by atoms with van der Waals surface area (Å²) in [6, 6.07) is 4.18. The number of nitrogens with zero attached hydrogens (tertiary/aromatic N) is 1. The van der Waals surface area contributed by atoms with Gasteiger partial charge in [-0.1, -0.05) is 42.5 Å². The van der Waals surface area contributed by atoms with Crippen LogP contribution in [0.2, 0.25) is 0 Å². The number of carbonyl (C=O) groups excluding carboxylic acids is 2. The summed E-state index contributed by atoms with van der Waals surface area (Å²) >= 11 is 6.29. The molecule has 0 unspecified atom stereocenters. The van der Waals surface area contributed by atoms with Crippen LogP contribution in [0.5, 0.6) is 0 Å². The fourth-order valence-electron chi connectivity index (χ4n) is 4.18. The number of aryl methyl sites for hydroxylation is 1. The zero-order valence-corrected chi connectivity index (χ0v) is 15.7. The topological polar surface area (TPSA) is 49.4 Å². The molecule has 124 valence electrons. The predicted molar refractivity (Wildman–Crippen MR) is 101 cm³/mol. The molecule has 1 aromatic rings. The largest absolute Gasteiger partial charge is 0.307 e. The smallest absolute Gasteiger partial charge is 0.264 e. The molecule has 0 saturated carbocycles. The van der Waals surface area contributed by atoms with Crippen LogP contribution in [0, 0.1) is 6.92 Å². The molecule has 1 atom stereocenters. The third-order valence-corrected chi connectivity index (χ3v) is 6.21. The van der Waals surface area contributed by atoms with Gasteiger partial charge in [-0.25, -0.2) is 0 Å². The van der Waals surface area contributed by atoms with Crippen molar-refractivity contribution in [1.82, 2.24) is 5.32 Å². The van der Waals surface area contributed by atoms with Gasteiger partial charge in [0, 0.05) is 11.1 Å².